The monoisotopic (exact) mass is 355 g/mol. The zero-order chi connectivity index (χ0) is 18.4. The van der Waals surface area contributed by atoms with Crippen LogP contribution in [0.2, 0.25) is 0 Å². The van der Waals surface area contributed by atoms with Gasteiger partial charge in [-0.05, 0) is 43.3 Å². The Balaban J connectivity index is 1.49. The van der Waals surface area contributed by atoms with E-state index < -0.39 is 0 Å². The summed E-state index contributed by atoms with van der Waals surface area (Å²) in [5.41, 5.74) is 1.22. The maximum Gasteiger partial charge on any atom is 0.262 e. The number of hydrogen-bond donors (Lipinski definition) is 1. The van der Waals surface area contributed by atoms with E-state index in [9.17, 15) is 9.59 Å². The van der Waals surface area contributed by atoms with Crippen molar-refractivity contribution in [3.05, 3.63) is 48.2 Å². The van der Waals surface area contributed by atoms with Crippen molar-refractivity contribution in [2.24, 2.45) is 0 Å². The molecule has 1 saturated heterocycles. The molecule has 136 valence electrons. The first-order valence-electron chi connectivity index (χ1n) is 8.44. The molecule has 1 aliphatic heterocycles. The summed E-state index contributed by atoms with van der Waals surface area (Å²) >= 11 is 0. The molecule has 1 N–H and O–H groups in total. The van der Waals surface area contributed by atoms with Crippen LogP contribution in [0, 0.1) is 0 Å². The van der Waals surface area contributed by atoms with Gasteiger partial charge in [-0.25, -0.2) is 4.98 Å². The molecule has 1 fully saturated rings. The number of anilines is 2. The number of benzene rings is 1. The van der Waals surface area contributed by atoms with Crippen LogP contribution in [0.25, 0.3) is 0 Å². The molecule has 0 spiro atoms. The van der Waals surface area contributed by atoms with Gasteiger partial charge < -0.3 is 19.7 Å². The molecule has 2 heterocycles. The summed E-state index contributed by atoms with van der Waals surface area (Å²) in [5, 5.41) is 2.75. The minimum absolute atomic E-state index is 0.0117. The van der Waals surface area contributed by atoms with Gasteiger partial charge in [0.15, 0.2) is 12.4 Å². The SMILES string of the molecule is CC(=O)c1ccc(OCC(=O)Nc2ccc(N3CCOCC3)nc2)cc1. The molecule has 26 heavy (non-hydrogen) atoms. The second-order valence-corrected chi connectivity index (χ2v) is 5.92. The summed E-state index contributed by atoms with van der Waals surface area (Å²) in [7, 11) is 0. The van der Waals surface area contributed by atoms with E-state index in [1.807, 2.05) is 12.1 Å². The number of carbonyl (C=O) groups is 2. The van der Waals surface area contributed by atoms with Gasteiger partial charge in [0.1, 0.15) is 11.6 Å². The average molecular weight is 355 g/mol. The van der Waals surface area contributed by atoms with Gasteiger partial charge in [-0.3, -0.25) is 9.59 Å². The topological polar surface area (TPSA) is 80.8 Å². The highest BCUT2D eigenvalue weighted by Crippen LogP contribution is 2.16. The summed E-state index contributed by atoms with van der Waals surface area (Å²) in [6, 6.07) is 10.4. The number of nitrogens with zero attached hydrogens (tertiary/aromatic N) is 2. The Kier molecular flexibility index (Phi) is 5.80. The minimum atomic E-state index is -0.276. The first-order valence-corrected chi connectivity index (χ1v) is 8.44. The van der Waals surface area contributed by atoms with Gasteiger partial charge in [0, 0.05) is 18.7 Å². The molecule has 0 atom stereocenters. The molecule has 0 unspecified atom stereocenters. The first-order chi connectivity index (χ1) is 12.6. The number of hydrogen-bond acceptors (Lipinski definition) is 6. The third-order valence-corrected chi connectivity index (χ3v) is 4.00. The Labute approximate surface area is 151 Å². The molecule has 1 aromatic carbocycles. The highest BCUT2D eigenvalue weighted by Gasteiger charge is 2.12. The summed E-state index contributed by atoms with van der Waals surface area (Å²) in [6.45, 7) is 4.41. The molecule has 0 aliphatic carbocycles. The van der Waals surface area contributed by atoms with Crippen LogP contribution < -0.4 is 15.0 Å². The molecular weight excluding hydrogens is 334 g/mol. The van der Waals surface area contributed by atoms with Gasteiger partial charge in [0.25, 0.3) is 5.91 Å². The highest BCUT2D eigenvalue weighted by molar-refractivity contribution is 5.94. The quantitative estimate of drug-likeness (QED) is 0.800. The van der Waals surface area contributed by atoms with Crippen molar-refractivity contribution >= 4 is 23.2 Å². The number of amides is 1. The summed E-state index contributed by atoms with van der Waals surface area (Å²) in [6.07, 6.45) is 1.63. The predicted molar refractivity (Wildman–Crippen MR) is 97.8 cm³/mol. The Bertz CT molecular complexity index is 753. The van der Waals surface area contributed by atoms with E-state index >= 15 is 0 Å². The molecule has 1 amide bonds. The van der Waals surface area contributed by atoms with E-state index in [1.165, 1.54) is 6.92 Å². The largest absolute Gasteiger partial charge is 0.484 e. The number of ketones is 1. The predicted octanol–water partition coefficient (Wildman–Crippen LogP) is 2.14. The van der Waals surface area contributed by atoms with Crippen molar-refractivity contribution in [2.75, 3.05) is 43.1 Å². The zero-order valence-electron chi connectivity index (χ0n) is 14.6. The van der Waals surface area contributed by atoms with Crippen molar-refractivity contribution in [1.82, 2.24) is 4.98 Å². The van der Waals surface area contributed by atoms with Crippen LogP contribution in [0.4, 0.5) is 11.5 Å². The van der Waals surface area contributed by atoms with Gasteiger partial charge >= 0.3 is 0 Å². The van der Waals surface area contributed by atoms with E-state index in [0.29, 0.717) is 30.2 Å². The fourth-order valence-corrected chi connectivity index (χ4v) is 2.57. The van der Waals surface area contributed by atoms with Crippen LogP contribution in [0.5, 0.6) is 5.75 Å². The van der Waals surface area contributed by atoms with Gasteiger partial charge in [0.05, 0.1) is 25.1 Å². The number of rotatable bonds is 6. The van der Waals surface area contributed by atoms with Crippen LogP contribution in [-0.2, 0) is 9.53 Å². The highest BCUT2D eigenvalue weighted by atomic mass is 16.5. The average Bonchev–Trinajstić information content (AvgIpc) is 2.68. The third-order valence-electron chi connectivity index (χ3n) is 4.00. The number of nitrogens with one attached hydrogen (secondary N) is 1. The number of pyridine rings is 1. The minimum Gasteiger partial charge on any atom is -0.484 e. The number of morpholine rings is 1. The number of ether oxygens (including phenoxy) is 2. The van der Waals surface area contributed by atoms with Crippen LogP contribution in [0.1, 0.15) is 17.3 Å². The number of carbonyl (C=O) groups excluding carboxylic acids is 2. The van der Waals surface area contributed by atoms with E-state index in [2.05, 4.69) is 15.2 Å². The fourth-order valence-electron chi connectivity index (χ4n) is 2.57. The van der Waals surface area contributed by atoms with Gasteiger partial charge in [-0.15, -0.1) is 0 Å². The standard InChI is InChI=1S/C19H21N3O4/c1-14(23)15-2-5-17(6-3-15)26-13-19(24)21-16-4-7-18(20-12-16)22-8-10-25-11-9-22/h2-7,12H,8-11,13H2,1H3,(H,21,24). The Morgan fingerprint density at radius 3 is 2.50 bits per heavy atom. The van der Waals surface area contributed by atoms with Crippen molar-refractivity contribution < 1.29 is 19.1 Å². The van der Waals surface area contributed by atoms with Crippen LogP contribution in [0.3, 0.4) is 0 Å². The Hall–Kier alpha value is -2.93. The molecule has 0 saturated carbocycles. The lowest BCUT2D eigenvalue weighted by molar-refractivity contribution is -0.118. The van der Waals surface area contributed by atoms with Crippen molar-refractivity contribution in [2.45, 2.75) is 6.92 Å². The van der Waals surface area contributed by atoms with Gasteiger partial charge in [-0.2, -0.15) is 0 Å². The van der Waals surface area contributed by atoms with E-state index in [1.54, 1.807) is 30.5 Å². The lowest BCUT2D eigenvalue weighted by Crippen LogP contribution is -2.36. The summed E-state index contributed by atoms with van der Waals surface area (Å²) < 4.78 is 10.7. The fraction of sp³-hybridized carbons (Fsp3) is 0.316. The molecule has 7 heteroatoms. The molecular formula is C19H21N3O4. The zero-order valence-corrected chi connectivity index (χ0v) is 14.6. The van der Waals surface area contributed by atoms with Crippen LogP contribution in [-0.4, -0.2) is 49.6 Å². The molecule has 0 bridgehead atoms. The first kappa shape index (κ1) is 17.9. The Morgan fingerprint density at radius 2 is 1.88 bits per heavy atom. The lowest BCUT2D eigenvalue weighted by Gasteiger charge is -2.27. The summed E-state index contributed by atoms with van der Waals surface area (Å²) in [4.78, 5) is 29.8. The number of aromatic nitrogens is 1. The molecule has 7 nitrogen and oxygen atoms in total. The normalized spacial score (nSPS) is 14.0. The second kappa shape index (κ2) is 8.44. The molecule has 0 radical (unpaired) electrons. The maximum absolute atomic E-state index is 12.0. The van der Waals surface area contributed by atoms with Gasteiger partial charge in [0.2, 0.25) is 0 Å². The Morgan fingerprint density at radius 1 is 1.15 bits per heavy atom. The molecule has 3 rings (SSSR count). The molecule has 1 aromatic heterocycles. The third kappa shape index (κ3) is 4.80. The maximum atomic E-state index is 12.0. The van der Waals surface area contributed by atoms with Crippen LogP contribution in [0.15, 0.2) is 42.6 Å². The van der Waals surface area contributed by atoms with Crippen molar-refractivity contribution in [3.8, 4) is 5.75 Å². The van der Waals surface area contributed by atoms with Crippen molar-refractivity contribution in [3.63, 3.8) is 0 Å². The van der Waals surface area contributed by atoms with Crippen molar-refractivity contribution in [1.29, 1.82) is 0 Å². The molecule has 2 aromatic rings. The van der Waals surface area contributed by atoms with Crippen LogP contribution >= 0.6 is 0 Å². The number of Topliss-reactive ketones (excluding diaryl/α,β-unsaturated/α-hetero) is 1. The second-order valence-electron chi connectivity index (χ2n) is 5.92. The molecule has 1 aliphatic rings. The lowest BCUT2D eigenvalue weighted by atomic mass is 10.1. The van der Waals surface area contributed by atoms with E-state index in [4.69, 9.17) is 9.47 Å². The van der Waals surface area contributed by atoms with Gasteiger partial charge in [-0.1, -0.05) is 0 Å². The smallest absolute Gasteiger partial charge is 0.262 e. The summed E-state index contributed by atoms with van der Waals surface area (Å²) in [5.74, 6) is 1.11. The van der Waals surface area contributed by atoms with E-state index in [0.717, 1.165) is 18.9 Å². The van der Waals surface area contributed by atoms with E-state index in [-0.39, 0.29) is 18.3 Å².